The van der Waals surface area contributed by atoms with Crippen LogP contribution in [0.1, 0.15) is 81.2 Å². The van der Waals surface area contributed by atoms with Gasteiger partial charge in [-0.1, -0.05) is 13.8 Å². The van der Waals surface area contributed by atoms with Gasteiger partial charge in [0.15, 0.2) is 5.82 Å². The maximum atomic E-state index is 12.7. The van der Waals surface area contributed by atoms with Gasteiger partial charge in [-0.3, -0.25) is 19.4 Å². The lowest BCUT2D eigenvalue weighted by molar-refractivity contribution is -0.124. The third kappa shape index (κ3) is 5.38. The number of aryl methyl sites for hydroxylation is 1. The first-order chi connectivity index (χ1) is 15.1. The van der Waals surface area contributed by atoms with Gasteiger partial charge in [-0.25, -0.2) is 0 Å². The summed E-state index contributed by atoms with van der Waals surface area (Å²) >= 11 is 0. The highest BCUT2D eigenvalue weighted by Crippen LogP contribution is 2.52. The van der Waals surface area contributed by atoms with Crippen LogP contribution in [-0.2, 0) is 23.2 Å². The van der Waals surface area contributed by atoms with Gasteiger partial charge in [0, 0.05) is 44.3 Å². The first kappa shape index (κ1) is 24.0. The van der Waals surface area contributed by atoms with Crippen molar-refractivity contribution in [3.8, 4) is 0 Å². The SMILES string of the molecule is COCc1cc(C(=O)Nc2cc([C@@H]3CC[C@@](CC(=O)NC(C)C)(C(C)C)C3)[nH]n2)n(C)n1. The van der Waals surface area contributed by atoms with E-state index in [2.05, 4.69) is 39.8 Å². The third-order valence-corrected chi connectivity index (χ3v) is 6.57. The van der Waals surface area contributed by atoms with Crippen molar-refractivity contribution in [2.24, 2.45) is 18.4 Å². The maximum Gasteiger partial charge on any atom is 0.275 e. The first-order valence-electron chi connectivity index (χ1n) is 11.3. The Morgan fingerprint density at radius 3 is 2.72 bits per heavy atom. The predicted octanol–water partition coefficient (Wildman–Crippen LogP) is 3.37. The van der Waals surface area contributed by atoms with E-state index in [1.807, 2.05) is 19.9 Å². The number of aromatic amines is 1. The molecule has 2 amide bonds. The van der Waals surface area contributed by atoms with Gasteiger partial charge in [0.05, 0.1) is 12.3 Å². The molecule has 1 aliphatic rings. The lowest BCUT2D eigenvalue weighted by Gasteiger charge is -2.33. The summed E-state index contributed by atoms with van der Waals surface area (Å²) in [5, 5.41) is 17.6. The molecule has 0 saturated heterocycles. The number of hydrogen-bond donors (Lipinski definition) is 3. The number of nitrogens with zero attached hydrogens (tertiary/aromatic N) is 3. The maximum absolute atomic E-state index is 12.7. The Morgan fingerprint density at radius 2 is 2.06 bits per heavy atom. The molecule has 2 aromatic heterocycles. The number of anilines is 1. The molecule has 2 heterocycles. The van der Waals surface area contributed by atoms with Gasteiger partial charge >= 0.3 is 0 Å². The molecular weight excluding hydrogens is 408 g/mol. The van der Waals surface area contributed by atoms with Crippen LogP contribution >= 0.6 is 0 Å². The number of amides is 2. The number of ether oxygens (including phenoxy) is 1. The van der Waals surface area contributed by atoms with Crippen LogP contribution in [0.25, 0.3) is 0 Å². The number of carbonyl (C=O) groups excluding carboxylic acids is 2. The number of methoxy groups -OCH3 is 1. The minimum absolute atomic E-state index is 0.0232. The molecule has 9 nitrogen and oxygen atoms in total. The zero-order valence-electron chi connectivity index (χ0n) is 20.0. The van der Waals surface area contributed by atoms with Crippen LogP contribution in [-0.4, -0.2) is 44.9 Å². The Kier molecular flexibility index (Phi) is 7.38. The molecule has 1 fully saturated rings. The van der Waals surface area contributed by atoms with Gasteiger partial charge in [0.1, 0.15) is 5.69 Å². The van der Waals surface area contributed by atoms with E-state index in [4.69, 9.17) is 4.74 Å². The topological polar surface area (TPSA) is 114 Å². The van der Waals surface area contributed by atoms with Crippen molar-refractivity contribution >= 4 is 17.6 Å². The molecule has 176 valence electrons. The first-order valence-corrected chi connectivity index (χ1v) is 11.3. The van der Waals surface area contributed by atoms with E-state index in [1.54, 1.807) is 20.2 Å². The van der Waals surface area contributed by atoms with Crippen LogP contribution in [0.15, 0.2) is 12.1 Å². The Labute approximate surface area is 189 Å². The molecule has 1 aliphatic carbocycles. The van der Waals surface area contributed by atoms with Crippen LogP contribution in [0.5, 0.6) is 0 Å². The average molecular weight is 445 g/mol. The highest BCUT2D eigenvalue weighted by Gasteiger charge is 2.44. The predicted molar refractivity (Wildman–Crippen MR) is 122 cm³/mol. The molecule has 0 spiro atoms. The average Bonchev–Trinajstić information content (AvgIpc) is 3.40. The van der Waals surface area contributed by atoms with Gasteiger partial charge < -0.3 is 15.4 Å². The molecule has 0 aliphatic heterocycles. The van der Waals surface area contributed by atoms with E-state index in [1.165, 1.54) is 4.68 Å². The van der Waals surface area contributed by atoms with Crippen LogP contribution in [0, 0.1) is 11.3 Å². The van der Waals surface area contributed by atoms with E-state index in [0.717, 1.165) is 25.0 Å². The van der Waals surface area contributed by atoms with Crippen LogP contribution < -0.4 is 10.6 Å². The summed E-state index contributed by atoms with van der Waals surface area (Å²) in [7, 11) is 3.32. The highest BCUT2D eigenvalue weighted by molar-refractivity contribution is 6.02. The van der Waals surface area contributed by atoms with Crippen molar-refractivity contribution in [1.82, 2.24) is 25.3 Å². The highest BCUT2D eigenvalue weighted by atomic mass is 16.5. The number of rotatable bonds is 9. The van der Waals surface area contributed by atoms with Crippen LogP contribution in [0.3, 0.4) is 0 Å². The molecule has 0 unspecified atom stereocenters. The summed E-state index contributed by atoms with van der Waals surface area (Å²) in [4.78, 5) is 25.2. The molecule has 3 rings (SSSR count). The number of nitrogens with one attached hydrogen (secondary N) is 3. The van der Waals surface area contributed by atoms with Gasteiger partial charge in [0.2, 0.25) is 5.91 Å². The molecular formula is C23H36N6O3. The molecule has 2 aromatic rings. The standard InChI is InChI=1S/C23H36N6O3/c1-14(2)23(12-21(30)24-15(3)4)8-7-16(11-23)18-10-20(27-26-18)25-22(31)19-9-17(13-32-6)28-29(19)5/h9-10,14-16H,7-8,11-13H2,1-6H3,(H,24,30)(H2,25,26,27,31)/t16-,23-/m1/s1. The van der Waals surface area contributed by atoms with E-state index < -0.39 is 0 Å². The molecule has 0 radical (unpaired) electrons. The molecule has 9 heteroatoms. The summed E-state index contributed by atoms with van der Waals surface area (Å²) in [5.41, 5.74) is 2.11. The Hall–Kier alpha value is -2.68. The number of hydrogen-bond acceptors (Lipinski definition) is 5. The second-order valence-electron chi connectivity index (χ2n) is 9.60. The molecule has 3 N–H and O–H groups in total. The van der Waals surface area contributed by atoms with Crippen molar-refractivity contribution in [2.45, 2.75) is 71.9 Å². The van der Waals surface area contributed by atoms with Gasteiger partial charge in [-0.05, 0) is 50.5 Å². The van der Waals surface area contributed by atoms with Crippen molar-refractivity contribution in [3.63, 3.8) is 0 Å². The zero-order chi connectivity index (χ0) is 23.5. The zero-order valence-corrected chi connectivity index (χ0v) is 20.0. The second-order valence-corrected chi connectivity index (χ2v) is 9.60. The lowest BCUT2D eigenvalue weighted by Crippen LogP contribution is -2.36. The molecule has 2 atom stereocenters. The fraction of sp³-hybridized carbons (Fsp3) is 0.652. The van der Waals surface area contributed by atoms with Crippen molar-refractivity contribution in [2.75, 3.05) is 12.4 Å². The van der Waals surface area contributed by atoms with Crippen molar-refractivity contribution in [3.05, 3.63) is 29.2 Å². The van der Waals surface area contributed by atoms with Crippen molar-refractivity contribution in [1.29, 1.82) is 0 Å². The summed E-state index contributed by atoms with van der Waals surface area (Å²) in [6.45, 7) is 8.73. The van der Waals surface area contributed by atoms with E-state index >= 15 is 0 Å². The molecule has 0 bridgehead atoms. The Morgan fingerprint density at radius 1 is 1.31 bits per heavy atom. The number of H-pyrrole nitrogens is 1. The molecule has 1 saturated carbocycles. The minimum Gasteiger partial charge on any atom is -0.378 e. The third-order valence-electron chi connectivity index (χ3n) is 6.57. The Bertz CT molecular complexity index is 947. The summed E-state index contributed by atoms with van der Waals surface area (Å²) in [6, 6.07) is 3.76. The Balaban J connectivity index is 1.66. The van der Waals surface area contributed by atoms with Crippen LogP contribution in [0.2, 0.25) is 0 Å². The lowest BCUT2D eigenvalue weighted by atomic mass is 9.72. The van der Waals surface area contributed by atoms with E-state index in [0.29, 0.717) is 36.2 Å². The fourth-order valence-electron chi connectivity index (χ4n) is 4.75. The van der Waals surface area contributed by atoms with E-state index in [-0.39, 0.29) is 29.2 Å². The summed E-state index contributed by atoms with van der Waals surface area (Å²) < 4.78 is 6.62. The number of carbonyl (C=O) groups is 2. The summed E-state index contributed by atoms with van der Waals surface area (Å²) in [5.74, 6) is 1.02. The second kappa shape index (κ2) is 9.85. The fourth-order valence-corrected chi connectivity index (χ4v) is 4.75. The van der Waals surface area contributed by atoms with Crippen molar-refractivity contribution < 1.29 is 14.3 Å². The monoisotopic (exact) mass is 444 g/mol. The van der Waals surface area contributed by atoms with Gasteiger partial charge in [-0.15, -0.1) is 0 Å². The smallest absolute Gasteiger partial charge is 0.275 e. The van der Waals surface area contributed by atoms with E-state index in [9.17, 15) is 9.59 Å². The van der Waals surface area contributed by atoms with Crippen LogP contribution in [0.4, 0.5) is 5.82 Å². The molecule has 32 heavy (non-hydrogen) atoms. The van der Waals surface area contributed by atoms with Gasteiger partial charge in [-0.2, -0.15) is 10.2 Å². The van der Waals surface area contributed by atoms with Gasteiger partial charge in [0.25, 0.3) is 5.91 Å². The molecule has 0 aromatic carbocycles. The normalized spacial score (nSPS) is 20.8. The number of aromatic nitrogens is 4. The largest absolute Gasteiger partial charge is 0.378 e. The quantitative estimate of drug-likeness (QED) is 0.549. The minimum atomic E-state index is -0.270. The summed E-state index contributed by atoms with van der Waals surface area (Å²) in [6.07, 6.45) is 3.46.